The molecular formula is C27H31N3O4S2. The Morgan fingerprint density at radius 2 is 1.86 bits per heavy atom. The van der Waals surface area contributed by atoms with Crippen molar-refractivity contribution in [1.82, 2.24) is 9.55 Å². The summed E-state index contributed by atoms with van der Waals surface area (Å²) in [6.07, 6.45) is 0.0955. The summed E-state index contributed by atoms with van der Waals surface area (Å²) in [4.78, 5) is 31.2. The first-order valence-electron chi connectivity index (χ1n) is 12.1. The second-order valence-corrected chi connectivity index (χ2v) is 10.4. The molecule has 1 N–H and O–H groups in total. The van der Waals surface area contributed by atoms with E-state index in [1.165, 1.54) is 28.7 Å². The normalized spacial score (nSPS) is 11.6. The van der Waals surface area contributed by atoms with Crippen LogP contribution in [0.25, 0.3) is 20.3 Å². The molecule has 2 aromatic carbocycles. The van der Waals surface area contributed by atoms with Gasteiger partial charge in [0.25, 0.3) is 5.56 Å². The van der Waals surface area contributed by atoms with Crippen molar-refractivity contribution >= 4 is 55.0 Å². The number of hydrogen-bond donors (Lipinski definition) is 1. The zero-order valence-corrected chi connectivity index (χ0v) is 22.6. The van der Waals surface area contributed by atoms with Crippen molar-refractivity contribution < 1.29 is 14.3 Å². The summed E-state index contributed by atoms with van der Waals surface area (Å²) in [7, 11) is 0. The predicted molar refractivity (Wildman–Crippen MR) is 148 cm³/mol. The quantitative estimate of drug-likeness (QED) is 0.153. The fourth-order valence-electron chi connectivity index (χ4n) is 3.93. The molecule has 2 heterocycles. The molecule has 0 fully saturated rings. The van der Waals surface area contributed by atoms with Crippen molar-refractivity contribution in [2.45, 2.75) is 52.1 Å². The molecule has 9 heteroatoms. The molecule has 0 radical (unpaired) electrons. The Labute approximate surface area is 218 Å². The van der Waals surface area contributed by atoms with Gasteiger partial charge in [0.2, 0.25) is 5.91 Å². The van der Waals surface area contributed by atoms with Gasteiger partial charge in [-0.25, -0.2) is 4.98 Å². The molecule has 36 heavy (non-hydrogen) atoms. The number of nitrogens with one attached hydrogen (secondary N) is 1. The highest BCUT2D eigenvalue weighted by Gasteiger charge is 2.19. The van der Waals surface area contributed by atoms with Gasteiger partial charge in [0.15, 0.2) is 11.4 Å². The topological polar surface area (TPSA) is 82.5 Å². The van der Waals surface area contributed by atoms with Crippen molar-refractivity contribution in [2.75, 3.05) is 24.3 Å². The predicted octanol–water partition coefficient (Wildman–Crippen LogP) is 5.75. The molecule has 0 unspecified atom stereocenters. The molecule has 0 aliphatic rings. The second-order valence-electron chi connectivity index (χ2n) is 8.39. The minimum Gasteiger partial charge on any atom is -0.353 e. The van der Waals surface area contributed by atoms with Gasteiger partial charge in [0, 0.05) is 42.0 Å². The van der Waals surface area contributed by atoms with E-state index < -0.39 is 6.29 Å². The number of aryl methyl sites for hydroxylation is 2. The van der Waals surface area contributed by atoms with Crippen LogP contribution in [0.4, 0.5) is 5.69 Å². The van der Waals surface area contributed by atoms with Crippen LogP contribution < -0.4 is 10.9 Å². The minimum atomic E-state index is -0.407. The molecule has 7 nitrogen and oxygen atoms in total. The van der Waals surface area contributed by atoms with E-state index in [1.807, 2.05) is 70.2 Å². The zero-order chi connectivity index (χ0) is 25.7. The van der Waals surface area contributed by atoms with Crippen LogP contribution in [0.2, 0.25) is 0 Å². The van der Waals surface area contributed by atoms with Gasteiger partial charge in [-0.3, -0.25) is 14.2 Å². The minimum absolute atomic E-state index is 0.106. The lowest BCUT2D eigenvalue weighted by Crippen LogP contribution is -2.27. The van der Waals surface area contributed by atoms with Gasteiger partial charge in [-0.15, -0.1) is 11.3 Å². The summed E-state index contributed by atoms with van der Waals surface area (Å²) in [6, 6.07) is 13.7. The third kappa shape index (κ3) is 5.98. The van der Waals surface area contributed by atoms with Crippen molar-refractivity contribution in [3.8, 4) is 0 Å². The summed E-state index contributed by atoms with van der Waals surface area (Å²) in [5, 5.41) is 4.41. The summed E-state index contributed by atoms with van der Waals surface area (Å²) in [5.41, 5.74) is 3.61. The number of carbonyl (C=O) groups excluding carboxylic acids is 1. The summed E-state index contributed by atoms with van der Waals surface area (Å²) in [5.74, 6) is -0.0198. The fourth-order valence-corrected chi connectivity index (χ4v) is 5.84. The number of amides is 1. The molecule has 0 saturated heterocycles. The van der Waals surface area contributed by atoms with Crippen LogP contribution in [-0.4, -0.2) is 40.7 Å². The van der Waals surface area contributed by atoms with E-state index in [0.29, 0.717) is 41.6 Å². The summed E-state index contributed by atoms with van der Waals surface area (Å²) in [6.45, 7) is 9.30. The van der Waals surface area contributed by atoms with Crippen LogP contribution in [0, 0.1) is 13.8 Å². The number of fused-ring (bicyclic) bond motifs is 3. The van der Waals surface area contributed by atoms with Crippen molar-refractivity contribution in [2.24, 2.45) is 0 Å². The lowest BCUT2D eigenvalue weighted by atomic mass is 10.1. The van der Waals surface area contributed by atoms with Crippen molar-refractivity contribution in [1.29, 1.82) is 0 Å². The maximum atomic E-state index is 13.6. The number of thioether (sulfide) groups is 1. The summed E-state index contributed by atoms with van der Waals surface area (Å²) >= 11 is 2.71. The lowest BCUT2D eigenvalue weighted by Gasteiger charge is -2.18. The molecule has 4 rings (SSSR count). The van der Waals surface area contributed by atoms with Crippen LogP contribution in [0.1, 0.15) is 31.4 Å². The number of carbonyl (C=O) groups is 1. The Balaban J connectivity index is 1.62. The van der Waals surface area contributed by atoms with Crippen molar-refractivity contribution in [3.05, 3.63) is 63.9 Å². The van der Waals surface area contributed by atoms with E-state index in [9.17, 15) is 9.59 Å². The molecule has 0 atom stereocenters. The van der Waals surface area contributed by atoms with Crippen LogP contribution in [-0.2, 0) is 20.8 Å². The van der Waals surface area contributed by atoms with Gasteiger partial charge in [-0.05, 0) is 57.0 Å². The zero-order valence-electron chi connectivity index (χ0n) is 21.0. The number of thiophene rings is 1. The van der Waals surface area contributed by atoms with E-state index in [0.717, 1.165) is 21.3 Å². The van der Waals surface area contributed by atoms with Gasteiger partial charge in [-0.2, -0.15) is 0 Å². The highest BCUT2D eigenvalue weighted by atomic mass is 32.2. The number of ether oxygens (including phenoxy) is 2. The third-order valence-corrected chi connectivity index (χ3v) is 7.99. The smallest absolute Gasteiger partial charge is 0.272 e. The van der Waals surface area contributed by atoms with Crippen LogP contribution in [0.15, 0.2) is 52.4 Å². The summed E-state index contributed by atoms with van der Waals surface area (Å²) < 4.78 is 14.6. The SMILES string of the molecule is CCOC(CCn1c(SCC(=O)Nc2ccc(C)c(C)c2)nc2c(sc3ccccc32)c1=O)OCC. The average molecular weight is 526 g/mol. The number of nitrogens with zero attached hydrogens (tertiary/aromatic N) is 2. The van der Waals surface area contributed by atoms with Gasteiger partial charge < -0.3 is 14.8 Å². The van der Waals surface area contributed by atoms with Gasteiger partial charge in [0.1, 0.15) is 4.70 Å². The third-order valence-electron chi connectivity index (χ3n) is 5.86. The first-order valence-corrected chi connectivity index (χ1v) is 13.9. The monoisotopic (exact) mass is 525 g/mol. The first-order chi connectivity index (χ1) is 17.4. The molecule has 1 amide bonds. The first kappa shape index (κ1) is 26.3. The highest BCUT2D eigenvalue weighted by Crippen LogP contribution is 2.32. The second kappa shape index (κ2) is 12.0. The van der Waals surface area contributed by atoms with Crippen LogP contribution in [0.5, 0.6) is 0 Å². The molecule has 4 aromatic rings. The van der Waals surface area contributed by atoms with E-state index in [-0.39, 0.29) is 17.2 Å². The van der Waals surface area contributed by atoms with Gasteiger partial charge in [-0.1, -0.05) is 36.0 Å². The Kier molecular flexibility index (Phi) is 8.79. The van der Waals surface area contributed by atoms with E-state index in [2.05, 4.69) is 5.32 Å². The Morgan fingerprint density at radius 3 is 2.58 bits per heavy atom. The Bertz CT molecular complexity index is 1420. The number of rotatable bonds is 11. The van der Waals surface area contributed by atoms with Crippen LogP contribution in [0.3, 0.4) is 0 Å². The fraction of sp³-hybridized carbons (Fsp3) is 0.370. The number of anilines is 1. The molecule has 2 aromatic heterocycles. The Morgan fingerprint density at radius 1 is 1.11 bits per heavy atom. The van der Waals surface area contributed by atoms with Crippen molar-refractivity contribution in [3.63, 3.8) is 0 Å². The largest absolute Gasteiger partial charge is 0.353 e. The maximum Gasteiger partial charge on any atom is 0.272 e. The number of hydrogen-bond acceptors (Lipinski definition) is 7. The standard InChI is InChI=1S/C27H31N3O4S2/c1-5-33-23(34-6-2)13-14-30-26(32)25-24(20-9-7-8-10-21(20)36-25)29-27(30)35-16-22(31)28-19-12-11-17(3)18(4)15-19/h7-12,15,23H,5-6,13-14,16H2,1-4H3,(H,28,31). The van der Waals surface area contributed by atoms with E-state index in [4.69, 9.17) is 14.5 Å². The number of aromatic nitrogens is 2. The van der Waals surface area contributed by atoms with Gasteiger partial charge >= 0.3 is 0 Å². The molecule has 0 spiro atoms. The highest BCUT2D eigenvalue weighted by molar-refractivity contribution is 7.99. The molecular weight excluding hydrogens is 494 g/mol. The molecule has 0 aliphatic heterocycles. The average Bonchev–Trinajstić information content (AvgIpc) is 3.24. The Hall–Kier alpha value is -2.72. The molecule has 0 bridgehead atoms. The molecule has 0 aliphatic carbocycles. The van der Waals surface area contributed by atoms with E-state index >= 15 is 0 Å². The van der Waals surface area contributed by atoms with Crippen LogP contribution >= 0.6 is 23.1 Å². The number of benzene rings is 2. The molecule has 0 saturated carbocycles. The lowest BCUT2D eigenvalue weighted by molar-refractivity contribution is -0.141. The van der Waals surface area contributed by atoms with Gasteiger partial charge in [0.05, 0.1) is 11.3 Å². The molecule has 190 valence electrons. The maximum absolute atomic E-state index is 13.6. The van der Waals surface area contributed by atoms with E-state index in [1.54, 1.807) is 4.57 Å².